The lowest BCUT2D eigenvalue weighted by Crippen LogP contribution is -2.52. The first kappa shape index (κ1) is 26.2. The van der Waals surface area contributed by atoms with Gasteiger partial charge in [0.2, 0.25) is 0 Å². The molecule has 8 nitrogen and oxygen atoms in total. The first-order valence-electron chi connectivity index (χ1n) is 11.4. The smallest absolute Gasteiger partial charge is 0.421 e. The van der Waals surface area contributed by atoms with Crippen molar-refractivity contribution in [2.24, 2.45) is 0 Å². The van der Waals surface area contributed by atoms with Crippen LogP contribution in [0.3, 0.4) is 0 Å². The molecule has 0 aromatic heterocycles. The fourth-order valence-corrected chi connectivity index (χ4v) is 3.30. The predicted molar refractivity (Wildman–Crippen MR) is 126 cm³/mol. The van der Waals surface area contributed by atoms with Gasteiger partial charge in [-0.3, -0.25) is 4.79 Å². The van der Waals surface area contributed by atoms with Crippen molar-refractivity contribution in [2.45, 2.75) is 79.1 Å². The number of hydrogen-bond donors (Lipinski definition) is 0. The van der Waals surface area contributed by atoms with E-state index in [0.29, 0.717) is 36.5 Å². The van der Waals surface area contributed by atoms with E-state index in [1.165, 1.54) is 0 Å². The lowest BCUT2D eigenvalue weighted by atomic mass is 9.99. The normalized spacial score (nSPS) is 18.2. The SMILES string of the molecule is CC.CC(C)(C)OC(=O)N1CC=C(C2Oc3ccccc3N(C(=O)OC(C)(C)C)C2=O)CC1. The molecule has 0 N–H and O–H groups in total. The maximum atomic E-state index is 13.3. The number of carbonyl (C=O) groups excluding carboxylic acids is 3. The van der Waals surface area contributed by atoms with Crippen LogP contribution in [0.1, 0.15) is 61.8 Å². The van der Waals surface area contributed by atoms with Crippen molar-refractivity contribution in [1.82, 2.24) is 4.90 Å². The molecule has 0 saturated carbocycles. The molecule has 182 valence electrons. The van der Waals surface area contributed by atoms with Crippen molar-refractivity contribution < 1.29 is 28.6 Å². The monoisotopic (exact) mass is 460 g/mol. The molecule has 3 rings (SSSR count). The van der Waals surface area contributed by atoms with Gasteiger partial charge in [-0.05, 0) is 65.7 Å². The molecule has 0 radical (unpaired) electrons. The van der Waals surface area contributed by atoms with E-state index >= 15 is 0 Å². The Kier molecular flexibility index (Phi) is 8.16. The van der Waals surface area contributed by atoms with Gasteiger partial charge in [0.05, 0.1) is 5.69 Å². The Balaban J connectivity index is 0.00000187. The van der Waals surface area contributed by atoms with E-state index in [1.54, 1.807) is 56.0 Å². The van der Waals surface area contributed by atoms with Gasteiger partial charge in [0, 0.05) is 13.1 Å². The van der Waals surface area contributed by atoms with E-state index in [1.807, 2.05) is 34.6 Å². The number of para-hydroxylation sites is 2. The van der Waals surface area contributed by atoms with E-state index in [9.17, 15) is 14.4 Å². The van der Waals surface area contributed by atoms with Crippen LogP contribution in [0.15, 0.2) is 35.9 Å². The molecular weight excluding hydrogens is 424 g/mol. The number of fused-ring (bicyclic) bond motifs is 1. The summed E-state index contributed by atoms with van der Waals surface area (Å²) in [5.74, 6) is -0.0849. The van der Waals surface area contributed by atoms with Crippen LogP contribution in [0.5, 0.6) is 5.75 Å². The van der Waals surface area contributed by atoms with Gasteiger partial charge >= 0.3 is 12.2 Å². The Morgan fingerprint density at radius 3 is 2.09 bits per heavy atom. The van der Waals surface area contributed by atoms with Crippen molar-refractivity contribution >= 4 is 23.8 Å². The molecular formula is C25H36N2O6. The van der Waals surface area contributed by atoms with Crippen molar-refractivity contribution in [3.8, 4) is 5.75 Å². The van der Waals surface area contributed by atoms with E-state index in [2.05, 4.69) is 0 Å². The van der Waals surface area contributed by atoms with Crippen LogP contribution in [-0.2, 0) is 14.3 Å². The molecule has 1 aromatic rings. The molecule has 1 unspecified atom stereocenters. The van der Waals surface area contributed by atoms with Crippen LogP contribution < -0.4 is 9.64 Å². The highest BCUT2D eigenvalue weighted by Crippen LogP contribution is 2.37. The van der Waals surface area contributed by atoms with Gasteiger partial charge in [0.15, 0.2) is 6.10 Å². The molecule has 0 spiro atoms. The summed E-state index contributed by atoms with van der Waals surface area (Å²) in [6, 6.07) is 6.86. The van der Waals surface area contributed by atoms with Crippen LogP contribution in [0.2, 0.25) is 0 Å². The zero-order valence-corrected chi connectivity index (χ0v) is 20.9. The largest absolute Gasteiger partial charge is 0.474 e. The predicted octanol–water partition coefficient (Wildman–Crippen LogP) is 5.31. The maximum absolute atomic E-state index is 13.3. The van der Waals surface area contributed by atoms with Gasteiger partial charge < -0.3 is 19.1 Å². The van der Waals surface area contributed by atoms with Crippen molar-refractivity contribution in [1.29, 1.82) is 0 Å². The number of anilines is 1. The number of hydrogen-bond acceptors (Lipinski definition) is 6. The fourth-order valence-electron chi connectivity index (χ4n) is 3.30. The number of nitrogens with zero attached hydrogens (tertiary/aromatic N) is 2. The Morgan fingerprint density at radius 2 is 1.55 bits per heavy atom. The van der Waals surface area contributed by atoms with Gasteiger partial charge in [0.1, 0.15) is 17.0 Å². The van der Waals surface area contributed by atoms with Crippen LogP contribution in [0, 0.1) is 0 Å². The summed E-state index contributed by atoms with van der Waals surface area (Å²) in [7, 11) is 0. The van der Waals surface area contributed by atoms with Crippen molar-refractivity contribution in [2.75, 3.05) is 18.0 Å². The highest BCUT2D eigenvalue weighted by Gasteiger charge is 2.42. The van der Waals surface area contributed by atoms with Gasteiger partial charge in [-0.25, -0.2) is 14.5 Å². The second kappa shape index (κ2) is 10.3. The fraction of sp³-hybridized carbons (Fsp3) is 0.560. The Labute approximate surface area is 196 Å². The number of ether oxygens (including phenoxy) is 3. The van der Waals surface area contributed by atoms with Crippen molar-refractivity contribution in [3.63, 3.8) is 0 Å². The van der Waals surface area contributed by atoms with Gasteiger partial charge in [-0.2, -0.15) is 0 Å². The topological polar surface area (TPSA) is 85.4 Å². The number of imide groups is 1. The zero-order chi connectivity index (χ0) is 25.0. The molecule has 8 heteroatoms. The van der Waals surface area contributed by atoms with Gasteiger partial charge in [0.25, 0.3) is 5.91 Å². The summed E-state index contributed by atoms with van der Waals surface area (Å²) >= 11 is 0. The number of benzene rings is 1. The molecule has 33 heavy (non-hydrogen) atoms. The molecule has 2 heterocycles. The molecule has 0 saturated heterocycles. The van der Waals surface area contributed by atoms with Crippen LogP contribution in [0.25, 0.3) is 0 Å². The van der Waals surface area contributed by atoms with Gasteiger partial charge in [-0.1, -0.05) is 32.1 Å². The summed E-state index contributed by atoms with van der Waals surface area (Å²) in [5.41, 5.74) is -0.267. The van der Waals surface area contributed by atoms with Gasteiger partial charge in [-0.15, -0.1) is 0 Å². The molecule has 0 fully saturated rings. The Bertz CT molecular complexity index is 910. The third-order valence-corrected chi connectivity index (χ3v) is 4.60. The molecule has 1 aromatic carbocycles. The summed E-state index contributed by atoms with van der Waals surface area (Å²) < 4.78 is 16.8. The lowest BCUT2D eigenvalue weighted by molar-refractivity contribution is -0.124. The lowest BCUT2D eigenvalue weighted by Gasteiger charge is -2.36. The zero-order valence-electron chi connectivity index (χ0n) is 20.9. The average Bonchev–Trinajstić information content (AvgIpc) is 2.72. The molecule has 2 aliphatic heterocycles. The molecule has 1 atom stereocenters. The standard InChI is InChI=1S/C23H30N2O6.C2H6/c1-22(2,3)30-20(27)24-13-11-15(12-14-24)18-19(26)25(21(28)31-23(4,5)6)16-9-7-8-10-17(16)29-18;1-2/h7-11,18H,12-14H2,1-6H3;1-2H3. The molecule has 0 aliphatic carbocycles. The van der Waals surface area contributed by atoms with Crippen LogP contribution >= 0.6 is 0 Å². The number of rotatable bonds is 1. The first-order valence-corrected chi connectivity index (χ1v) is 11.4. The van der Waals surface area contributed by atoms with Crippen LogP contribution in [-0.4, -0.2) is 53.4 Å². The first-order chi connectivity index (χ1) is 15.4. The highest BCUT2D eigenvalue weighted by atomic mass is 16.6. The van der Waals surface area contributed by atoms with E-state index in [-0.39, 0.29) is 0 Å². The minimum absolute atomic E-state index is 0.297. The second-order valence-corrected chi connectivity index (χ2v) is 9.58. The van der Waals surface area contributed by atoms with Crippen LogP contribution in [0.4, 0.5) is 15.3 Å². The minimum Gasteiger partial charge on any atom is -0.474 e. The highest BCUT2D eigenvalue weighted by molar-refractivity contribution is 6.17. The number of carbonyl (C=O) groups is 3. The second-order valence-electron chi connectivity index (χ2n) is 9.58. The minimum atomic E-state index is -0.955. The molecule has 2 aliphatic rings. The Morgan fingerprint density at radius 1 is 0.970 bits per heavy atom. The van der Waals surface area contributed by atoms with Crippen molar-refractivity contribution in [3.05, 3.63) is 35.9 Å². The maximum Gasteiger partial charge on any atom is 0.421 e. The molecule has 3 amide bonds. The van der Waals surface area contributed by atoms with E-state index < -0.39 is 35.4 Å². The van der Waals surface area contributed by atoms with E-state index in [0.717, 1.165) is 4.90 Å². The third kappa shape index (κ3) is 6.73. The number of amides is 3. The summed E-state index contributed by atoms with van der Waals surface area (Å²) in [4.78, 5) is 41.0. The summed E-state index contributed by atoms with van der Waals surface area (Å²) in [6.07, 6.45) is 0.115. The third-order valence-electron chi connectivity index (χ3n) is 4.60. The summed E-state index contributed by atoms with van der Waals surface area (Å²) in [5, 5.41) is 0. The molecule has 0 bridgehead atoms. The summed E-state index contributed by atoms with van der Waals surface area (Å²) in [6.45, 7) is 15.4. The quantitative estimate of drug-likeness (QED) is 0.528. The Hall–Kier alpha value is -3.03. The average molecular weight is 461 g/mol. The van der Waals surface area contributed by atoms with E-state index in [4.69, 9.17) is 14.2 Å².